The Kier molecular flexibility index (Phi) is 4.55. The molecule has 3 fully saturated rings. The smallest absolute Gasteiger partial charge is 0.325 e. The van der Waals surface area contributed by atoms with Gasteiger partial charge in [-0.2, -0.15) is 0 Å². The van der Waals surface area contributed by atoms with Crippen LogP contribution in [-0.4, -0.2) is 47.7 Å². The molecule has 0 saturated heterocycles. The van der Waals surface area contributed by atoms with E-state index in [1.165, 1.54) is 32.1 Å². The Morgan fingerprint density at radius 1 is 1.14 bits per heavy atom. The summed E-state index contributed by atoms with van der Waals surface area (Å²) in [5, 5.41) is 13.4. The molecule has 0 aromatic carbocycles. The highest BCUT2D eigenvalue weighted by molar-refractivity contribution is 5.80. The molecule has 0 heterocycles. The fraction of sp³-hybridized carbons (Fsp3) is 0.941. The van der Waals surface area contributed by atoms with E-state index < -0.39 is 11.5 Å². The second-order valence-corrected chi connectivity index (χ2v) is 7.67. The molecule has 1 unspecified atom stereocenters. The molecule has 0 aromatic rings. The SMILES string of the molecule is CN(CC1CCCCC1)CC(NC1CC1)(C(=O)O)C1CC1. The van der Waals surface area contributed by atoms with Crippen molar-refractivity contribution in [3.8, 4) is 0 Å². The summed E-state index contributed by atoms with van der Waals surface area (Å²) < 4.78 is 0. The fourth-order valence-corrected chi connectivity index (χ4v) is 4.07. The van der Waals surface area contributed by atoms with Gasteiger partial charge in [0.2, 0.25) is 0 Å². The zero-order chi connectivity index (χ0) is 14.9. The molecule has 0 amide bonds. The highest BCUT2D eigenvalue weighted by atomic mass is 16.4. The molecule has 120 valence electrons. The molecule has 3 rings (SSSR count). The summed E-state index contributed by atoms with van der Waals surface area (Å²) in [7, 11) is 2.11. The van der Waals surface area contributed by atoms with Gasteiger partial charge in [0.05, 0.1) is 0 Å². The van der Waals surface area contributed by atoms with Crippen molar-refractivity contribution in [2.75, 3.05) is 20.1 Å². The van der Waals surface area contributed by atoms with Crippen molar-refractivity contribution >= 4 is 5.97 Å². The van der Waals surface area contributed by atoms with Crippen molar-refractivity contribution in [2.45, 2.75) is 69.4 Å². The van der Waals surface area contributed by atoms with Gasteiger partial charge in [-0.15, -0.1) is 0 Å². The monoisotopic (exact) mass is 294 g/mol. The van der Waals surface area contributed by atoms with Gasteiger partial charge in [0.1, 0.15) is 5.54 Å². The van der Waals surface area contributed by atoms with E-state index in [2.05, 4.69) is 17.3 Å². The standard InChI is InChI=1S/C17H30N2O2/c1-19(11-13-5-3-2-4-6-13)12-17(16(20)21,14-7-8-14)18-15-9-10-15/h13-15,18H,2-12H2,1H3,(H,20,21). The van der Waals surface area contributed by atoms with Crippen LogP contribution in [0.5, 0.6) is 0 Å². The van der Waals surface area contributed by atoms with Gasteiger partial charge in [-0.25, -0.2) is 0 Å². The van der Waals surface area contributed by atoms with E-state index in [4.69, 9.17) is 0 Å². The minimum absolute atomic E-state index is 0.337. The number of carbonyl (C=O) groups is 1. The Labute approximate surface area is 128 Å². The van der Waals surface area contributed by atoms with Crippen LogP contribution < -0.4 is 5.32 Å². The predicted octanol–water partition coefficient (Wildman–Crippen LogP) is 2.48. The normalized spacial score (nSPS) is 26.8. The van der Waals surface area contributed by atoms with E-state index in [-0.39, 0.29) is 0 Å². The quantitative estimate of drug-likeness (QED) is 0.722. The van der Waals surface area contributed by atoms with E-state index >= 15 is 0 Å². The molecule has 3 aliphatic rings. The largest absolute Gasteiger partial charge is 0.480 e. The summed E-state index contributed by atoms with van der Waals surface area (Å²) in [6.07, 6.45) is 11.2. The van der Waals surface area contributed by atoms with Crippen LogP contribution in [0.1, 0.15) is 57.8 Å². The number of likely N-dealkylation sites (N-methyl/N-ethyl adjacent to an activating group) is 1. The zero-order valence-electron chi connectivity index (χ0n) is 13.3. The van der Waals surface area contributed by atoms with Crippen molar-refractivity contribution in [2.24, 2.45) is 11.8 Å². The second kappa shape index (κ2) is 6.25. The summed E-state index contributed by atoms with van der Waals surface area (Å²) in [6, 6.07) is 0.449. The van der Waals surface area contributed by atoms with Crippen LogP contribution in [-0.2, 0) is 4.79 Å². The molecule has 2 N–H and O–H groups in total. The van der Waals surface area contributed by atoms with Crippen LogP contribution in [0.15, 0.2) is 0 Å². The van der Waals surface area contributed by atoms with Crippen LogP contribution >= 0.6 is 0 Å². The van der Waals surface area contributed by atoms with Crippen LogP contribution in [0.3, 0.4) is 0 Å². The van der Waals surface area contributed by atoms with Gasteiger partial charge in [0, 0.05) is 19.1 Å². The Hall–Kier alpha value is -0.610. The summed E-state index contributed by atoms with van der Waals surface area (Å²) >= 11 is 0. The van der Waals surface area contributed by atoms with E-state index in [1.54, 1.807) is 0 Å². The maximum absolute atomic E-state index is 12.0. The van der Waals surface area contributed by atoms with Crippen LogP contribution in [0.25, 0.3) is 0 Å². The lowest BCUT2D eigenvalue weighted by Gasteiger charge is -2.36. The lowest BCUT2D eigenvalue weighted by atomic mass is 9.87. The highest BCUT2D eigenvalue weighted by Crippen LogP contribution is 2.42. The van der Waals surface area contributed by atoms with Crippen LogP contribution in [0.4, 0.5) is 0 Å². The van der Waals surface area contributed by atoms with Gasteiger partial charge in [0.25, 0.3) is 0 Å². The summed E-state index contributed by atoms with van der Waals surface area (Å²) in [5.41, 5.74) is -0.690. The summed E-state index contributed by atoms with van der Waals surface area (Å²) in [5.74, 6) is 0.479. The van der Waals surface area contributed by atoms with Gasteiger partial charge in [-0.1, -0.05) is 19.3 Å². The third-order valence-electron chi connectivity index (χ3n) is 5.51. The maximum Gasteiger partial charge on any atom is 0.325 e. The molecule has 0 aromatic heterocycles. The molecule has 4 nitrogen and oxygen atoms in total. The number of rotatable bonds is 8. The number of nitrogens with zero attached hydrogens (tertiary/aromatic N) is 1. The zero-order valence-corrected chi connectivity index (χ0v) is 13.3. The van der Waals surface area contributed by atoms with E-state index in [9.17, 15) is 9.90 Å². The molecule has 1 atom stereocenters. The first kappa shape index (κ1) is 15.3. The first-order valence-corrected chi connectivity index (χ1v) is 8.80. The molecule has 3 aliphatic carbocycles. The topological polar surface area (TPSA) is 52.6 Å². The Balaban J connectivity index is 1.60. The number of nitrogens with one attached hydrogen (secondary N) is 1. The lowest BCUT2D eigenvalue weighted by Crippen LogP contribution is -2.61. The fourth-order valence-electron chi connectivity index (χ4n) is 4.07. The van der Waals surface area contributed by atoms with E-state index in [1.807, 2.05) is 0 Å². The number of carboxylic acids is 1. The van der Waals surface area contributed by atoms with Crippen molar-refractivity contribution in [3.63, 3.8) is 0 Å². The van der Waals surface area contributed by atoms with Crippen LogP contribution in [0.2, 0.25) is 0 Å². The third-order valence-corrected chi connectivity index (χ3v) is 5.51. The third kappa shape index (κ3) is 3.78. The Morgan fingerprint density at radius 2 is 1.81 bits per heavy atom. The van der Waals surface area contributed by atoms with E-state index in [0.717, 1.165) is 38.1 Å². The molecule has 4 heteroatoms. The number of aliphatic carboxylic acids is 1. The molecular weight excluding hydrogens is 264 g/mol. The summed E-state index contributed by atoms with van der Waals surface area (Å²) in [6.45, 7) is 1.73. The Morgan fingerprint density at radius 3 is 2.33 bits per heavy atom. The van der Waals surface area contributed by atoms with Crippen molar-refractivity contribution in [1.82, 2.24) is 10.2 Å². The van der Waals surface area contributed by atoms with E-state index in [0.29, 0.717) is 18.5 Å². The Bertz CT molecular complexity index is 373. The highest BCUT2D eigenvalue weighted by Gasteiger charge is 2.53. The van der Waals surface area contributed by atoms with Gasteiger partial charge < -0.3 is 10.0 Å². The first-order chi connectivity index (χ1) is 10.1. The summed E-state index contributed by atoms with van der Waals surface area (Å²) in [4.78, 5) is 14.3. The maximum atomic E-state index is 12.0. The minimum atomic E-state index is -0.690. The van der Waals surface area contributed by atoms with Crippen molar-refractivity contribution in [1.29, 1.82) is 0 Å². The first-order valence-electron chi connectivity index (χ1n) is 8.80. The molecule has 0 radical (unpaired) electrons. The van der Waals surface area contributed by atoms with Gasteiger partial charge in [-0.3, -0.25) is 10.1 Å². The van der Waals surface area contributed by atoms with Crippen molar-refractivity contribution in [3.05, 3.63) is 0 Å². The lowest BCUT2D eigenvalue weighted by molar-refractivity contribution is -0.147. The molecule has 21 heavy (non-hydrogen) atoms. The molecule has 0 aliphatic heterocycles. The number of hydrogen-bond acceptors (Lipinski definition) is 3. The molecule has 0 spiro atoms. The molecular formula is C17H30N2O2. The number of carboxylic acid groups (broad SMARTS) is 1. The average molecular weight is 294 g/mol. The predicted molar refractivity (Wildman–Crippen MR) is 83.3 cm³/mol. The second-order valence-electron chi connectivity index (χ2n) is 7.67. The number of hydrogen-bond donors (Lipinski definition) is 2. The van der Waals surface area contributed by atoms with Gasteiger partial charge in [0.15, 0.2) is 0 Å². The minimum Gasteiger partial charge on any atom is -0.480 e. The average Bonchev–Trinajstić information content (AvgIpc) is 3.32. The van der Waals surface area contributed by atoms with Gasteiger partial charge in [-0.05, 0) is 57.4 Å². The van der Waals surface area contributed by atoms with Crippen LogP contribution in [0, 0.1) is 11.8 Å². The molecule has 0 bridgehead atoms. The molecule has 3 saturated carbocycles. The van der Waals surface area contributed by atoms with Crippen molar-refractivity contribution < 1.29 is 9.90 Å². The van der Waals surface area contributed by atoms with Gasteiger partial charge >= 0.3 is 5.97 Å².